The maximum atomic E-state index is 11.6. The van der Waals surface area contributed by atoms with Crippen LogP contribution in [0.5, 0.6) is 11.5 Å². The maximum Gasteiger partial charge on any atom is 0.311 e. The second kappa shape index (κ2) is 8.19. The van der Waals surface area contributed by atoms with Crippen LogP contribution in [0.1, 0.15) is 11.1 Å². The fourth-order valence-corrected chi connectivity index (χ4v) is 4.12. The van der Waals surface area contributed by atoms with Crippen molar-refractivity contribution in [1.29, 1.82) is 0 Å². The number of carbonyl (C=O) groups is 1. The van der Waals surface area contributed by atoms with E-state index in [1.54, 1.807) is 12.1 Å². The number of ether oxygens (including phenoxy) is 3. The summed E-state index contributed by atoms with van der Waals surface area (Å²) in [6, 6.07) is 11.5. The number of rotatable bonds is 5. The summed E-state index contributed by atoms with van der Waals surface area (Å²) in [4.78, 5) is 13.8. The molecule has 148 valence electrons. The molecule has 0 amide bonds. The van der Waals surface area contributed by atoms with Crippen LogP contribution in [-0.2, 0) is 22.6 Å². The zero-order chi connectivity index (χ0) is 19.7. The number of methoxy groups -OCH3 is 1. The third-order valence-corrected chi connectivity index (χ3v) is 6.04. The Hall–Kier alpha value is -1.95. The number of hydrogen-bond acceptors (Lipinski definition) is 5. The number of likely N-dealkylation sites (tertiary alicyclic amines) is 1. The highest BCUT2D eigenvalue weighted by atomic mass is 35.5. The van der Waals surface area contributed by atoms with E-state index in [1.807, 2.05) is 24.3 Å². The van der Waals surface area contributed by atoms with Gasteiger partial charge in [-0.1, -0.05) is 35.3 Å². The minimum Gasteiger partial charge on any atom is -0.492 e. The molecule has 5 nitrogen and oxygen atoms in total. The molecule has 7 heteroatoms. The molecule has 0 aromatic heterocycles. The van der Waals surface area contributed by atoms with Gasteiger partial charge in [-0.25, -0.2) is 0 Å². The van der Waals surface area contributed by atoms with Crippen molar-refractivity contribution in [2.75, 3.05) is 26.8 Å². The molecule has 2 aliphatic rings. The van der Waals surface area contributed by atoms with Crippen LogP contribution in [0.25, 0.3) is 0 Å². The third-order valence-electron chi connectivity index (χ3n) is 5.33. The summed E-state index contributed by atoms with van der Waals surface area (Å²) in [6.45, 7) is 2.36. The van der Waals surface area contributed by atoms with E-state index in [2.05, 4.69) is 4.90 Å². The second-order valence-electron chi connectivity index (χ2n) is 7.10. The minimum atomic E-state index is -0.131. The van der Waals surface area contributed by atoms with Gasteiger partial charge in [0.25, 0.3) is 0 Å². The third kappa shape index (κ3) is 3.93. The van der Waals surface area contributed by atoms with Crippen molar-refractivity contribution in [2.45, 2.75) is 19.1 Å². The summed E-state index contributed by atoms with van der Waals surface area (Å²) < 4.78 is 16.6. The van der Waals surface area contributed by atoms with Gasteiger partial charge in [-0.2, -0.15) is 0 Å². The molecule has 1 atom stereocenters. The highest BCUT2D eigenvalue weighted by molar-refractivity contribution is 6.35. The van der Waals surface area contributed by atoms with E-state index in [9.17, 15) is 4.79 Å². The van der Waals surface area contributed by atoms with Crippen molar-refractivity contribution >= 4 is 29.2 Å². The van der Waals surface area contributed by atoms with Gasteiger partial charge in [-0.15, -0.1) is 0 Å². The summed E-state index contributed by atoms with van der Waals surface area (Å²) in [5.41, 5.74) is 1.91. The summed E-state index contributed by atoms with van der Waals surface area (Å²) in [5.74, 6) is 1.40. The normalized spacial score (nSPS) is 19.3. The van der Waals surface area contributed by atoms with Gasteiger partial charge in [0.15, 0.2) is 0 Å². The van der Waals surface area contributed by atoms with Crippen LogP contribution in [0.2, 0.25) is 10.0 Å². The van der Waals surface area contributed by atoms with Gasteiger partial charge < -0.3 is 14.2 Å². The molecular weight excluding hydrogens is 401 g/mol. The van der Waals surface area contributed by atoms with E-state index >= 15 is 0 Å². The standard InChI is InChI=1S/C21H21Cl2NO4/c1-26-21(25)14-9-24(10-14)15-7-13-5-6-16(8-20(13)28-11-15)27-12-17-18(22)3-2-4-19(17)23/h2-6,8,14-15H,7,9-12H2,1H3. The maximum absolute atomic E-state index is 11.6. The molecule has 0 aliphatic carbocycles. The van der Waals surface area contributed by atoms with Crippen LogP contribution >= 0.6 is 23.2 Å². The lowest BCUT2D eigenvalue weighted by Gasteiger charge is -2.44. The van der Waals surface area contributed by atoms with E-state index in [4.69, 9.17) is 37.4 Å². The molecule has 2 aromatic rings. The number of carbonyl (C=O) groups excluding carboxylic acids is 1. The zero-order valence-corrected chi connectivity index (χ0v) is 17.0. The smallest absolute Gasteiger partial charge is 0.311 e. The van der Waals surface area contributed by atoms with Crippen molar-refractivity contribution in [3.63, 3.8) is 0 Å². The van der Waals surface area contributed by atoms with Crippen molar-refractivity contribution in [1.82, 2.24) is 4.90 Å². The average Bonchev–Trinajstić information content (AvgIpc) is 2.66. The number of esters is 1. The Morgan fingerprint density at radius 2 is 1.96 bits per heavy atom. The molecular formula is C21H21Cl2NO4. The first kappa shape index (κ1) is 19.4. The summed E-state index contributed by atoms with van der Waals surface area (Å²) in [7, 11) is 1.43. The molecule has 2 aliphatic heterocycles. The lowest BCUT2D eigenvalue weighted by Crippen LogP contribution is -2.57. The van der Waals surface area contributed by atoms with Crippen molar-refractivity contribution < 1.29 is 19.0 Å². The first-order valence-corrected chi connectivity index (χ1v) is 9.94. The highest BCUT2D eigenvalue weighted by Crippen LogP contribution is 2.33. The van der Waals surface area contributed by atoms with E-state index in [1.165, 1.54) is 7.11 Å². The predicted molar refractivity (Wildman–Crippen MR) is 107 cm³/mol. The Balaban J connectivity index is 1.36. The molecule has 0 bridgehead atoms. The van der Waals surface area contributed by atoms with Gasteiger partial charge in [0, 0.05) is 40.8 Å². The van der Waals surface area contributed by atoms with Gasteiger partial charge >= 0.3 is 5.97 Å². The molecule has 0 saturated carbocycles. The van der Waals surface area contributed by atoms with E-state index in [-0.39, 0.29) is 17.9 Å². The molecule has 0 spiro atoms. The molecule has 2 heterocycles. The number of nitrogens with zero attached hydrogens (tertiary/aromatic N) is 1. The van der Waals surface area contributed by atoms with Crippen LogP contribution in [0, 0.1) is 5.92 Å². The van der Waals surface area contributed by atoms with Crippen LogP contribution in [0.4, 0.5) is 0 Å². The summed E-state index contributed by atoms with van der Waals surface area (Å²) >= 11 is 12.4. The monoisotopic (exact) mass is 421 g/mol. The molecule has 1 unspecified atom stereocenters. The van der Waals surface area contributed by atoms with Crippen molar-refractivity contribution in [3.8, 4) is 11.5 Å². The van der Waals surface area contributed by atoms with Crippen LogP contribution in [-0.4, -0.2) is 43.7 Å². The zero-order valence-electron chi connectivity index (χ0n) is 15.5. The fraction of sp³-hybridized carbons (Fsp3) is 0.381. The van der Waals surface area contributed by atoms with Gasteiger partial charge in [-0.3, -0.25) is 9.69 Å². The van der Waals surface area contributed by atoms with E-state index in [0.717, 1.165) is 36.4 Å². The summed E-state index contributed by atoms with van der Waals surface area (Å²) in [6.07, 6.45) is 0.889. The first-order valence-electron chi connectivity index (χ1n) is 9.18. The Kier molecular flexibility index (Phi) is 5.67. The Morgan fingerprint density at radius 3 is 2.68 bits per heavy atom. The van der Waals surface area contributed by atoms with Crippen LogP contribution in [0.15, 0.2) is 36.4 Å². The summed E-state index contributed by atoms with van der Waals surface area (Å²) in [5, 5.41) is 1.17. The largest absolute Gasteiger partial charge is 0.492 e. The quantitative estimate of drug-likeness (QED) is 0.683. The molecule has 4 rings (SSSR count). The lowest BCUT2D eigenvalue weighted by molar-refractivity contribution is -0.153. The molecule has 28 heavy (non-hydrogen) atoms. The van der Waals surface area contributed by atoms with Crippen LogP contribution < -0.4 is 9.47 Å². The first-order chi connectivity index (χ1) is 13.5. The Bertz CT molecular complexity index is 862. The topological polar surface area (TPSA) is 48.0 Å². The number of benzene rings is 2. The Morgan fingerprint density at radius 1 is 1.21 bits per heavy atom. The lowest BCUT2D eigenvalue weighted by atomic mass is 9.93. The van der Waals surface area contributed by atoms with E-state index in [0.29, 0.717) is 29.0 Å². The molecule has 0 radical (unpaired) electrons. The molecule has 1 saturated heterocycles. The van der Waals surface area contributed by atoms with Crippen molar-refractivity contribution in [3.05, 3.63) is 57.6 Å². The van der Waals surface area contributed by atoms with Gasteiger partial charge in [0.1, 0.15) is 24.7 Å². The minimum absolute atomic E-state index is 0.0150. The average molecular weight is 422 g/mol. The van der Waals surface area contributed by atoms with Crippen LogP contribution in [0.3, 0.4) is 0 Å². The van der Waals surface area contributed by atoms with Crippen molar-refractivity contribution in [2.24, 2.45) is 5.92 Å². The van der Waals surface area contributed by atoms with Gasteiger partial charge in [0.05, 0.1) is 13.0 Å². The predicted octanol–water partition coefficient (Wildman–Crippen LogP) is 3.98. The number of halogens is 2. The molecule has 1 fully saturated rings. The molecule has 0 N–H and O–H groups in total. The molecule has 2 aromatic carbocycles. The van der Waals surface area contributed by atoms with Gasteiger partial charge in [-0.05, 0) is 30.2 Å². The second-order valence-corrected chi connectivity index (χ2v) is 7.92. The number of hydrogen-bond donors (Lipinski definition) is 0. The van der Waals surface area contributed by atoms with E-state index < -0.39 is 0 Å². The fourth-order valence-electron chi connectivity index (χ4n) is 3.61. The Labute approximate surface area is 174 Å². The SMILES string of the molecule is COC(=O)C1CN(C2COc3cc(OCc4c(Cl)cccc4Cl)ccc3C2)C1. The highest BCUT2D eigenvalue weighted by Gasteiger charge is 2.39. The van der Waals surface area contributed by atoms with Gasteiger partial charge in [0.2, 0.25) is 0 Å². The number of fused-ring (bicyclic) bond motifs is 1.